The lowest BCUT2D eigenvalue weighted by Gasteiger charge is -2.44. The maximum atomic E-state index is 2.80. The molecule has 186 valence electrons. The van der Waals surface area contributed by atoms with E-state index in [4.69, 9.17) is 0 Å². The third-order valence-corrected chi connectivity index (χ3v) is 8.55. The summed E-state index contributed by atoms with van der Waals surface area (Å²) in [6, 6.07) is 12.7. The first-order valence-electron chi connectivity index (χ1n) is 14.0. The molecule has 3 aliphatic heterocycles. The molecule has 0 spiro atoms. The molecular formula is C28H49N5. The summed E-state index contributed by atoms with van der Waals surface area (Å²) in [5, 5.41) is 0. The first-order valence-corrected chi connectivity index (χ1v) is 14.0. The van der Waals surface area contributed by atoms with Gasteiger partial charge in [-0.3, -0.25) is 9.80 Å². The number of likely N-dealkylation sites (tertiary alicyclic amines) is 2. The van der Waals surface area contributed by atoms with Gasteiger partial charge in [0.25, 0.3) is 0 Å². The Balaban J connectivity index is 1.29. The van der Waals surface area contributed by atoms with Crippen molar-refractivity contribution in [3.05, 3.63) is 35.9 Å². The topological polar surface area (TPSA) is 16.2 Å². The number of nitrogens with zero attached hydrogens (tertiary/aromatic N) is 5. The van der Waals surface area contributed by atoms with E-state index in [1.807, 2.05) is 0 Å². The molecule has 0 N–H and O–H groups in total. The van der Waals surface area contributed by atoms with Gasteiger partial charge in [-0.15, -0.1) is 0 Å². The van der Waals surface area contributed by atoms with Gasteiger partial charge in [-0.05, 0) is 70.5 Å². The second-order valence-corrected chi connectivity index (χ2v) is 10.5. The molecule has 0 aromatic heterocycles. The van der Waals surface area contributed by atoms with Crippen LogP contribution in [0.15, 0.2) is 30.3 Å². The minimum absolute atomic E-state index is 0.530. The van der Waals surface area contributed by atoms with E-state index in [-0.39, 0.29) is 0 Å². The van der Waals surface area contributed by atoms with Crippen molar-refractivity contribution in [3.63, 3.8) is 0 Å². The molecule has 1 atom stereocenters. The lowest BCUT2D eigenvalue weighted by Crippen LogP contribution is -2.52. The standard InChI is InChI=1S/C28H49N5/c1-3-29(4-2)19-20-30-21-23-33(24-22-30)28(26-11-7-5-8-12-26)25-31-17-13-27(14-18-31)32-15-9-6-10-16-32/h5,7-8,11-12,27-28H,3-4,6,9-10,13-25H2,1-2H3. The summed E-state index contributed by atoms with van der Waals surface area (Å²) in [6.45, 7) is 20.6. The number of piperazine rings is 1. The molecule has 3 fully saturated rings. The van der Waals surface area contributed by atoms with Gasteiger partial charge < -0.3 is 14.7 Å². The molecule has 4 rings (SSSR count). The largest absolute Gasteiger partial charge is 0.303 e. The Morgan fingerprint density at radius 2 is 1.45 bits per heavy atom. The third kappa shape index (κ3) is 7.25. The van der Waals surface area contributed by atoms with Crippen LogP contribution in [0.3, 0.4) is 0 Å². The van der Waals surface area contributed by atoms with Gasteiger partial charge in [0.2, 0.25) is 0 Å². The Hall–Kier alpha value is -0.980. The highest BCUT2D eigenvalue weighted by Crippen LogP contribution is 2.27. The highest BCUT2D eigenvalue weighted by molar-refractivity contribution is 5.20. The van der Waals surface area contributed by atoms with E-state index < -0.39 is 0 Å². The fraction of sp³-hybridized carbons (Fsp3) is 0.786. The van der Waals surface area contributed by atoms with Crippen molar-refractivity contribution in [2.75, 3.05) is 85.1 Å². The summed E-state index contributed by atoms with van der Waals surface area (Å²) in [7, 11) is 0. The smallest absolute Gasteiger partial charge is 0.0476 e. The molecule has 3 saturated heterocycles. The van der Waals surface area contributed by atoms with Gasteiger partial charge in [0, 0.05) is 57.9 Å². The van der Waals surface area contributed by atoms with Crippen LogP contribution in [-0.4, -0.2) is 116 Å². The number of hydrogen-bond donors (Lipinski definition) is 0. The van der Waals surface area contributed by atoms with Crippen molar-refractivity contribution < 1.29 is 0 Å². The normalized spacial score (nSPS) is 23.8. The van der Waals surface area contributed by atoms with Crippen molar-refractivity contribution in [2.45, 2.75) is 58.0 Å². The van der Waals surface area contributed by atoms with Crippen LogP contribution in [0.2, 0.25) is 0 Å². The zero-order valence-corrected chi connectivity index (χ0v) is 21.5. The maximum Gasteiger partial charge on any atom is 0.0476 e. The number of likely N-dealkylation sites (N-methyl/N-ethyl adjacent to an activating group) is 1. The van der Waals surface area contributed by atoms with Crippen LogP contribution in [0.5, 0.6) is 0 Å². The highest BCUT2D eigenvalue weighted by atomic mass is 15.3. The molecule has 3 heterocycles. The average molecular weight is 456 g/mol. The molecule has 1 aromatic rings. The molecule has 0 amide bonds. The summed E-state index contributed by atoms with van der Waals surface area (Å²) < 4.78 is 0. The van der Waals surface area contributed by atoms with E-state index in [9.17, 15) is 0 Å². The SMILES string of the molecule is CCN(CC)CCN1CCN(C(CN2CCC(N3CCCCC3)CC2)c2ccccc2)CC1. The van der Waals surface area contributed by atoms with Crippen LogP contribution in [0, 0.1) is 0 Å². The van der Waals surface area contributed by atoms with Gasteiger partial charge >= 0.3 is 0 Å². The zero-order chi connectivity index (χ0) is 22.9. The predicted octanol–water partition coefficient (Wildman–Crippen LogP) is 3.64. The second-order valence-electron chi connectivity index (χ2n) is 10.5. The summed E-state index contributed by atoms with van der Waals surface area (Å²) in [5.74, 6) is 0. The first kappa shape index (κ1) is 25.1. The van der Waals surface area contributed by atoms with Crippen LogP contribution >= 0.6 is 0 Å². The van der Waals surface area contributed by atoms with Crippen LogP contribution < -0.4 is 0 Å². The molecule has 0 saturated carbocycles. The van der Waals surface area contributed by atoms with E-state index in [1.165, 1.54) is 123 Å². The molecule has 5 nitrogen and oxygen atoms in total. The lowest BCUT2D eigenvalue weighted by molar-refractivity contribution is 0.0491. The molecule has 0 radical (unpaired) electrons. The minimum atomic E-state index is 0.530. The van der Waals surface area contributed by atoms with Crippen LogP contribution in [-0.2, 0) is 0 Å². The van der Waals surface area contributed by atoms with E-state index >= 15 is 0 Å². The van der Waals surface area contributed by atoms with Crippen molar-refractivity contribution in [2.24, 2.45) is 0 Å². The molecule has 1 unspecified atom stereocenters. The fourth-order valence-electron chi connectivity index (χ4n) is 6.22. The number of benzene rings is 1. The maximum absolute atomic E-state index is 2.80. The zero-order valence-electron chi connectivity index (χ0n) is 21.5. The molecule has 0 aliphatic carbocycles. The second kappa shape index (κ2) is 13.2. The molecule has 0 bridgehead atoms. The van der Waals surface area contributed by atoms with Gasteiger partial charge in [-0.1, -0.05) is 50.6 Å². The van der Waals surface area contributed by atoms with Crippen molar-refractivity contribution >= 4 is 0 Å². The van der Waals surface area contributed by atoms with Crippen molar-refractivity contribution in [1.82, 2.24) is 24.5 Å². The summed E-state index contributed by atoms with van der Waals surface area (Å²) in [5.41, 5.74) is 1.51. The molecule has 5 heteroatoms. The number of rotatable bonds is 10. The van der Waals surface area contributed by atoms with E-state index in [1.54, 1.807) is 0 Å². The fourth-order valence-corrected chi connectivity index (χ4v) is 6.22. The van der Waals surface area contributed by atoms with Gasteiger partial charge in [0.1, 0.15) is 0 Å². The number of piperidine rings is 2. The molecular weight excluding hydrogens is 406 g/mol. The van der Waals surface area contributed by atoms with Gasteiger partial charge in [0.05, 0.1) is 0 Å². The van der Waals surface area contributed by atoms with Gasteiger partial charge in [-0.25, -0.2) is 0 Å². The van der Waals surface area contributed by atoms with E-state index in [0.29, 0.717) is 6.04 Å². The van der Waals surface area contributed by atoms with Crippen molar-refractivity contribution in [3.8, 4) is 0 Å². The lowest BCUT2D eigenvalue weighted by atomic mass is 9.98. The van der Waals surface area contributed by atoms with Crippen molar-refractivity contribution in [1.29, 1.82) is 0 Å². The highest BCUT2D eigenvalue weighted by Gasteiger charge is 2.30. The van der Waals surface area contributed by atoms with Crippen LogP contribution in [0.4, 0.5) is 0 Å². The molecule has 3 aliphatic rings. The first-order chi connectivity index (χ1) is 16.3. The van der Waals surface area contributed by atoms with Gasteiger partial charge in [-0.2, -0.15) is 0 Å². The monoisotopic (exact) mass is 455 g/mol. The predicted molar refractivity (Wildman–Crippen MR) is 140 cm³/mol. The molecule has 1 aromatic carbocycles. The van der Waals surface area contributed by atoms with E-state index in [0.717, 1.165) is 6.04 Å². The summed E-state index contributed by atoms with van der Waals surface area (Å²) >= 11 is 0. The number of hydrogen-bond acceptors (Lipinski definition) is 5. The van der Waals surface area contributed by atoms with Gasteiger partial charge in [0.15, 0.2) is 0 Å². The average Bonchev–Trinajstić information content (AvgIpc) is 2.90. The van der Waals surface area contributed by atoms with Crippen LogP contribution in [0.1, 0.15) is 57.6 Å². The Bertz CT molecular complexity index is 642. The third-order valence-electron chi connectivity index (χ3n) is 8.55. The summed E-state index contributed by atoms with van der Waals surface area (Å²) in [6.07, 6.45) is 6.99. The Morgan fingerprint density at radius 1 is 0.788 bits per heavy atom. The quantitative estimate of drug-likeness (QED) is 0.534. The van der Waals surface area contributed by atoms with E-state index in [2.05, 4.69) is 68.7 Å². The van der Waals surface area contributed by atoms with Crippen LogP contribution in [0.25, 0.3) is 0 Å². The Labute approximate surface area is 203 Å². The Morgan fingerprint density at radius 3 is 2.09 bits per heavy atom. The summed E-state index contributed by atoms with van der Waals surface area (Å²) in [4.78, 5) is 13.6. The Kier molecular flexibility index (Phi) is 10.0. The minimum Gasteiger partial charge on any atom is -0.303 e. The molecule has 33 heavy (non-hydrogen) atoms.